The van der Waals surface area contributed by atoms with Gasteiger partial charge in [-0.05, 0) is 37.1 Å². The molecule has 1 saturated heterocycles. The number of halogens is 1. The molecule has 0 aliphatic carbocycles. The summed E-state index contributed by atoms with van der Waals surface area (Å²) in [7, 11) is 0. The summed E-state index contributed by atoms with van der Waals surface area (Å²) in [5, 5.41) is 2.96. The van der Waals surface area contributed by atoms with Gasteiger partial charge in [0.1, 0.15) is 25.0 Å². The van der Waals surface area contributed by atoms with E-state index in [0.717, 1.165) is 41.8 Å². The van der Waals surface area contributed by atoms with Gasteiger partial charge in [-0.25, -0.2) is 0 Å². The minimum absolute atomic E-state index is 0.410. The fourth-order valence-electron chi connectivity index (χ4n) is 2.54. The molecule has 2 N–H and O–H groups in total. The highest BCUT2D eigenvalue weighted by atomic mass is 35.5. The molecule has 1 aliphatic heterocycles. The predicted octanol–water partition coefficient (Wildman–Crippen LogP) is 2.84. The maximum Gasteiger partial charge on any atom is 0.158 e. The van der Waals surface area contributed by atoms with Gasteiger partial charge in [0.05, 0.1) is 5.02 Å². The zero-order chi connectivity index (χ0) is 13.8. The number of quaternary nitrogens is 1. The zero-order valence-electron chi connectivity index (χ0n) is 11.3. The van der Waals surface area contributed by atoms with Gasteiger partial charge in [0.15, 0.2) is 5.76 Å². The maximum absolute atomic E-state index is 6.17. The van der Waals surface area contributed by atoms with Crippen LogP contribution in [0.2, 0.25) is 5.02 Å². The molecule has 1 aliphatic rings. The molecule has 20 heavy (non-hydrogen) atoms. The van der Waals surface area contributed by atoms with E-state index in [1.165, 1.54) is 12.8 Å². The third-order valence-corrected chi connectivity index (χ3v) is 3.93. The van der Waals surface area contributed by atoms with Crippen LogP contribution < -0.4 is 5.32 Å². The van der Waals surface area contributed by atoms with Gasteiger partial charge >= 0.3 is 0 Å². The largest absolute Gasteiger partial charge is 0.455 e. The second-order valence-electron chi connectivity index (χ2n) is 5.11. The van der Waals surface area contributed by atoms with Crippen LogP contribution in [-0.4, -0.2) is 19.3 Å². The Labute approximate surface area is 123 Å². The molecule has 1 aromatic carbocycles. The number of ether oxygens (including phenoxy) is 1. The highest BCUT2D eigenvalue weighted by Crippen LogP contribution is 2.28. The van der Waals surface area contributed by atoms with Crippen LogP contribution in [0, 0.1) is 0 Å². The third-order valence-electron chi connectivity index (χ3n) is 3.60. The summed E-state index contributed by atoms with van der Waals surface area (Å²) in [4.78, 5) is 0. The first kappa shape index (κ1) is 13.7. The molecule has 3 nitrogen and oxygen atoms in total. The Morgan fingerprint density at radius 2 is 2.10 bits per heavy atom. The highest BCUT2D eigenvalue weighted by molar-refractivity contribution is 6.33. The van der Waals surface area contributed by atoms with E-state index in [0.29, 0.717) is 6.10 Å². The number of hydrogen-bond acceptors (Lipinski definition) is 2. The maximum atomic E-state index is 6.17. The van der Waals surface area contributed by atoms with Crippen molar-refractivity contribution in [1.82, 2.24) is 0 Å². The topological polar surface area (TPSA) is 39.0 Å². The van der Waals surface area contributed by atoms with Gasteiger partial charge in [0.25, 0.3) is 0 Å². The molecule has 0 unspecified atom stereocenters. The average molecular weight is 293 g/mol. The molecule has 2 aromatic rings. The number of benzene rings is 1. The van der Waals surface area contributed by atoms with Crippen LogP contribution in [0.4, 0.5) is 0 Å². The Morgan fingerprint density at radius 1 is 1.20 bits per heavy atom. The lowest BCUT2D eigenvalue weighted by atomic mass is 10.2. The molecule has 106 valence electrons. The van der Waals surface area contributed by atoms with Crippen molar-refractivity contribution in [3.63, 3.8) is 0 Å². The first-order chi connectivity index (χ1) is 9.83. The SMILES string of the molecule is Clc1ccccc1-c1ccc(C[NH2+]C[C@H]2CCCO2)o1. The molecule has 0 amide bonds. The Morgan fingerprint density at radius 3 is 2.90 bits per heavy atom. The molecule has 0 radical (unpaired) electrons. The minimum atomic E-state index is 0.410. The van der Waals surface area contributed by atoms with Crippen LogP contribution in [0.1, 0.15) is 18.6 Å². The number of rotatable bonds is 5. The van der Waals surface area contributed by atoms with Crippen molar-refractivity contribution in [2.24, 2.45) is 0 Å². The normalized spacial score (nSPS) is 18.6. The van der Waals surface area contributed by atoms with Crippen molar-refractivity contribution in [2.75, 3.05) is 13.2 Å². The van der Waals surface area contributed by atoms with E-state index in [1.807, 2.05) is 36.4 Å². The van der Waals surface area contributed by atoms with E-state index in [4.69, 9.17) is 20.8 Å². The van der Waals surface area contributed by atoms with Crippen LogP contribution in [0.25, 0.3) is 11.3 Å². The minimum Gasteiger partial charge on any atom is -0.455 e. The molecule has 1 atom stereocenters. The van der Waals surface area contributed by atoms with Gasteiger partial charge in [0, 0.05) is 12.2 Å². The van der Waals surface area contributed by atoms with Crippen molar-refractivity contribution < 1.29 is 14.5 Å². The molecule has 3 rings (SSSR count). The van der Waals surface area contributed by atoms with Crippen molar-refractivity contribution in [3.8, 4) is 11.3 Å². The monoisotopic (exact) mass is 292 g/mol. The predicted molar refractivity (Wildman–Crippen MR) is 78.6 cm³/mol. The van der Waals surface area contributed by atoms with E-state index in [2.05, 4.69) is 5.32 Å². The zero-order valence-corrected chi connectivity index (χ0v) is 12.1. The molecule has 0 saturated carbocycles. The standard InChI is InChI=1S/C16H18ClNO2/c17-15-6-2-1-5-14(15)16-8-7-13(20-16)11-18-10-12-4-3-9-19-12/h1-2,5-8,12,18H,3-4,9-11H2/p+1/t12-/m1/s1. The van der Waals surface area contributed by atoms with Gasteiger partial charge in [-0.1, -0.05) is 23.7 Å². The van der Waals surface area contributed by atoms with E-state index in [1.54, 1.807) is 0 Å². The lowest BCUT2D eigenvalue weighted by Crippen LogP contribution is -2.84. The van der Waals surface area contributed by atoms with Gasteiger partial charge in [0.2, 0.25) is 0 Å². The summed E-state index contributed by atoms with van der Waals surface area (Å²) in [6.07, 6.45) is 2.78. The molecule has 1 aromatic heterocycles. The Bertz CT molecular complexity index is 561. The summed E-state index contributed by atoms with van der Waals surface area (Å²) < 4.78 is 11.5. The fraction of sp³-hybridized carbons (Fsp3) is 0.375. The van der Waals surface area contributed by atoms with Gasteiger partial charge in [-0.15, -0.1) is 0 Å². The molecular formula is C16H19ClNO2+. The van der Waals surface area contributed by atoms with Gasteiger partial charge < -0.3 is 14.5 Å². The third kappa shape index (κ3) is 3.23. The highest BCUT2D eigenvalue weighted by Gasteiger charge is 2.17. The summed E-state index contributed by atoms with van der Waals surface area (Å²) in [5.74, 6) is 1.80. The number of nitrogens with two attached hydrogens (primary N) is 1. The Balaban J connectivity index is 1.58. The first-order valence-corrected chi connectivity index (χ1v) is 7.47. The van der Waals surface area contributed by atoms with Gasteiger partial charge in [-0.3, -0.25) is 0 Å². The molecule has 0 spiro atoms. The molecule has 4 heteroatoms. The smallest absolute Gasteiger partial charge is 0.158 e. The molecule has 0 bridgehead atoms. The van der Waals surface area contributed by atoms with Crippen molar-refractivity contribution in [3.05, 3.63) is 47.2 Å². The second-order valence-corrected chi connectivity index (χ2v) is 5.52. The number of furan rings is 1. The van der Waals surface area contributed by atoms with E-state index >= 15 is 0 Å². The van der Waals surface area contributed by atoms with Crippen molar-refractivity contribution in [1.29, 1.82) is 0 Å². The van der Waals surface area contributed by atoms with Crippen LogP contribution in [0.5, 0.6) is 0 Å². The number of hydrogen-bond donors (Lipinski definition) is 1. The van der Waals surface area contributed by atoms with E-state index in [-0.39, 0.29) is 0 Å². The van der Waals surface area contributed by atoms with Crippen molar-refractivity contribution >= 4 is 11.6 Å². The van der Waals surface area contributed by atoms with Crippen molar-refractivity contribution in [2.45, 2.75) is 25.5 Å². The summed E-state index contributed by atoms with van der Waals surface area (Å²) in [6, 6.07) is 11.7. The summed E-state index contributed by atoms with van der Waals surface area (Å²) in [6.45, 7) is 2.75. The average Bonchev–Trinajstić information content (AvgIpc) is 3.11. The quantitative estimate of drug-likeness (QED) is 0.920. The van der Waals surface area contributed by atoms with Gasteiger partial charge in [-0.2, -0.15) is 0 Å². The fourth-order valence-corrected chi connectivity index (χ4v) is 2.76. The van der Waals surface area contributed by atoms with E-state index in [9.17, 15) is 0 Å². The molecule has 1 fully saturated rings. The second kappa shape index (κ2) is 6.44. The summed E-state index contributed by atoms with van der Waals surface area (Å²) >= 11 is 6.17. The van der Waals surface area contributed by atoms with Crippen LogP contribution >= 0.6 is 11.6 Å². The van der Waals surface area contributed by atoms with Crippen LogP contribution in [-0.2, 0) is 11.3 Å². The Hall–Kier alpha value is -1.29. The summed E-state index contributed by atoms with van der Waals surface area (Å²) in [5.41, 5.74) is 0.944. The van der Waals surface area contributed by atoms with Crippen LogP contribution in [0.3, 0.4) is 0 Å². The Kier molecular flexibility index (Phi) is 4.41. The lowest BCUT2D eigenvalue weighted by Gasteiger charge is -2.06. The molecular weight excluding hydrogens is 274 g/mol. The molecule has 2 heterocycles. The van der Waals surface area contributed by atoms with Crippen LogP contribution in [0.15, 0.2) is 40.8 Å². The first-order valence-electron chi connectivity index (χ1n) is 7.10. The van der Waals surface area contributed by atoms with E-state index < -0.39 is 0 Å². The lowest BCUT2D eigenvalue weighted by molar-refractivity contribution is -0.677.